The largest absolute Gasteiger partial charge is 0.457 e. The van der Waals surface area contributed by atoms with Gasteiger partial charge in [0.05, 0.1) is 11.1 Å². The molecule has 5 rings (SSSR count). The fourth-order valence-electron chi connectivity index (χ4n) is 3.55. The van der Waals surface area contributed by atoms with Crippen LogP contribution in [0, 0.1) is 0 Å². The summed E-state index contributed by atoms with van der Waals surface area (Å²) >= 11 is 0. The van der Waals surface area contributed by atoms with E-state index in [1.54, 1.807) is 0 Å². The summed E-state index contributed by atoms with van der Waals surface area (Å²) in [5.41, 5.74) is 6.84. The van der Waals surface area contributed by atoms with Crippen LogP contribution in [0.3, 0.4) is 0 Å². The summed E-state index contributed by atoms with van der Waals surface area (Å²) in [7, 11) is 0. The van der Waals surface area contributed by atoms with Crippen molar-refractivity contribution < 1.29 is 9.73 Å². The highest BCUT2D eigenvalue weighted by Gasteiger charge is 2.17. The van der Waals surface area contributed by atoms with Gasteiger partial charge in [0.2, 0.25) is 5.69 Å². The Morgan fingerprint density at radius 1 is 0.655 bits per heavy atom. The topological polar surface area (TPSA) is 23.2 Å². The van der Waals surface area contributed by atoms with Gasteiger partial charge in [-0.15, -0.1) is 0 Å². The van der Waals surface area contributed by atoms with E-state index >= 15 is 0 Å². The first-order valence-electron chi connectivity index (χ1n) is 9.70. The molecule has 0 amide bonds. The molecule has 0 aromatic heterocycles. The average molecular weight is 374 g/mol. The van der Waals surface area contributed by atoms with Crippen LogP contribution in [0.15, 0.2) is 115 Å². The second kappa shape index (κ2) is 7.61. The number of allylic oxidation sites excluding steroid dienone is 6. The molecule has 0 spiro atoms. The molecule has 0 saturated carbocycles. The highest BCUT2D eigenvalue weighted by Crippen LogP contribution is 2.32. The molecule has 1 N–H and O–H groups in total. The Labute approximate surface area is 170 Å². The third-order valence-electron chi connectivity index (χ3n) is 5.03. The SMILES string of the molecule is C1=[NH+]c2ccccc2C1=CC=C1C=C(c2ccccc2)C=C(c2ccccc2)O1. The molecule has 3 aromatic rings. The van der Waals surface area contributed by atoms with Crippen LogP contribution in [0.1, 0.15) is 16.7 Å². The molecule has 0 radical (unpaired) electrons. The Hall–Kier alpha value is -3.91. The Balaban J connectivity index is 1.54. The number of rotatable bonds is 3. The van der Waals surface area contributed by atoms with Gasteiger partial charge in [-0.3, -0.25) is 0 Å². The maximum Gasteiger partial charge on any atom is 0.211 e. The second-order valence-corrected chi connectivity index (χ2v) is 6.97. The van der Waals surface area contributed by atoms with Crippen molar-refractivity contribution in [1.82, 2.24) is 0 Å². The maximum absolute atomic E-state index is 6.24. The van der Waals surface area contributed by atoms with Crippen molar-refractivity contribution in [2.45, 2.75) is 0 Å². The molecule has 0 atom stereocenters. The number of fused-ring (bicyclic) bond motifs is 1. The van der Waals surface area contributed by atoms with Gasteiger partial charge in [0, 0.05) is 11.6 Å². The van der Waals surface area contributed by atoms with Gasteiger partial charge in [-0.2, -0.15) is 0 Å². The summed E-state index contributed by atoms with van der Waals surface area (Å²) in [5.74, 6) is 1.67. The van der Waals surface area contributed by atoms with E-state index in [1.165, 1.54) is 11.1 Å². The Bertz CT molecular complexity index is 1200. The maximum atomic E-state index is 6.24. The van der Waals surface area contributed by atoms with Gasteiger partial charge in [0.15, 0.2) is 6.21 Å². The molecule has 0 bridgehead atoms. The van der Waals surface area contributed by atoms with E-state index in [0.717, 1.165) is 33.9 Å². The minimum atomic E-state index is 0.815. The summed E-state index contributed by atoms with van der Waals surface area (Å²) in [6.45, 7) is 0. The molecule has 2 heterocycles. The lowest BCUT2D eigenvalue weighted by atomic mass is 10.0. The summed E-state index contributed by atoms with van der Waals surface area (Å²) in [5, 5.41) is 0. The van der Waals surface area contributed by atoms with Crippen LogP contribution < -0.4 is 4.99 Å². The smallest absolute Gasteiger partial charge is 0.211 e. The first-order valence-corrected chi connectivity index (χ1v) is 9.70. The van der Waals surface area contributed by atoms with E-state index in [0.29, 0.717) is 0 Å². The number of hydrogen-bond acceptors (Lipinski definition) is 1. The van der Waals surface area contributed by atoms with Gasteiger partial charge in [-0.1, -0.05) is 72.8 Å². The Kier molecular flexibility index (Phi) is 4.51. The molecule has 3 aromatic carbocycles. The van der Waals surface area contributed by atoms with Crippen molar-refractivity contribution in [3.8, 4) is 0 Å². The van der Waals surface area contributed by atoms with E-state index in [4.69, 9.17) is 4.74 Å². The van der Waals surface area contributed by atoms with Crippen LogP contribution in [0.5, 0.6) is 0 Å². The number of nitrogens with one attached hydrogen (secondary N) is 1. The van der Waals surface area contributed by atoms with Crippen LogP contribution in [0.25, 0.3) is 16.9 Å². The van der Waals surface area contributed by atoms with E-state index in [9.17, 15) is 0 Å². The van der Waals surface area contributed by atoms with Crippen LogP contribution in [-0.4, -0.2) is 6.21 Å². The zero-order chi connectivity index (χ0) is 19.5. The molecule has 0 aliphatic carbocycles. The third kappa shape index (κ3) is 3.61. The summed E-state index contributed by atoms with van der Waals surface area (Å²) < 4.78 is 6.24. The zero-order valence-electron chi connectivity index (χ0n) is 15.9. The van der Waals surface area contributed by atoms with E-state index in [1.807, 2.05) is 42.6 Å². The van der Waals surface area contributed by atoms with Gasteiger partial charge in [0.25, 0.3) is 0 Å². The molecule has 0 unspecified atom stereocenters. The highest BCUT2D eigenvalue weighted by molar-refractivity contribution is 6.11. The van der Waals surface area contributed by atoms with Gasteiger partial charge in [-0.05, 0) is 41.5 Å². The standard InChI is InChI=1S/C27H19NO/c1-3-9-20(10-4-1)23-17-24(29-27(18-23)21-11-5-2-6-12-21)16-15-22-19-28-26-14-8-7-13-25(22)26/h1-19H/p+1. The molecule has 0 fully saturated rings. The molecule has 29 heavy (non-hydrogen) atoms. The number of hydrogen-bond donors (Lipinski definition) is 1. The monoisotopic (exact) mass is 374 g/mol. The minimum Gasteiger partial charge on any atom is -0.457 e. The summed E-state index contributed by atoms with van der Waals surface area (Å²) in [6.07, 6.45) is 10.4. The van der Waals surface area contributed by atoms with Gasteiger partial charge >= 0.3 is 0 Å². The van der Waals surface area contributed by atoms with Gasteiger partial charge in [-0.25, -0.2) is 4.99 Å². The lowest BCUT2D eigenvalue weighted by molar-refractivity contribution is -0.342. The molecule has 2 heteroatoms. The van der Waals surface area contributed by atoms with Crippen LogP contribution in [-0.2, 0) is 4.74 Å². The van der Waals surface area contributed by atoms with Crippen molar-refractivity contribution >= 4 is 28.8 Å². The number of benzene rings is 3. The summed E-state index contributed by atoms with van der Waals surface area (Å²) in [4.78, 5) is 3.32. The van der Waals surface area contributed by atoms with Crippen LogP contribution >= 0.6 is 0 Å². The van der Waals surface area contributed by atoms with Crippen LogP contribution in [0.4, 0.5) is 5.69 Å². The van der Waals surface area contributed by atoms with Crippen molar-refractivity contribution in [2.75, 3.05) is 0 Å². The molecular formula is C27H20NO+. The molecule has 2 aliphatic rings. The van der Waals surface area contributed by atoms with Crippen LogP contribution in [0.2, 0.25) is 0 Å². The highest BCUT2D eigenvalue weighted by atomic mass is 16.5. The Morgan fingerprint density at radius 3 is 2.14 bits per heavy atom. The predicted octanol–water partition coefficient (Wildman–Crippen LogP) is 4.91. The minimum absolute atomic E-state index is 0.815. The van der Waals surface area contributed by atoms with Gasteiger partial charge < -0.3 is 4.74 Å². The summed E-state index contributed by atoms with van der Waals surface area (Å²) in [6, 6.07) is 28.9. The number of ether oxygens (including phenoxy) is 1. The molecular weight excluding hydrogens is 354 g/mol. The fraction of sp³-hybridized carbons (Fsp3) is 0. The Morgan fingerprint density at radius 2 is 1.34 bits per heavy atom. The first-order chi connectivity index (χ1) is 14.4. The van der Waals surface area contributed by atoms with Crippen molar-refractivity contribution in [3.05, 3.63) is 132 Å². The average Bonchev–Trinajstić information content (AvgIpc) is 3.22. The lowest BCUT2D eigenvalue weighted by Gasteiger charge is -2.18. The zero-order valence-corrected chi connectivity index (χ0v) is 15.9. The molecule has 2 nitrogen and oxygen atoms in total. The fourth-order valence-corrected chi connectivity index (χ4v) is 3.55. The normalized spacial score (nSPS) is 17.7. The molecule has 2 aliphatic heterocycles. The van der Waals surface area contributed by atoms with Crippen molar-refractivity contribution in [1.29, 1.82) is 0 Å². The van der Waals surface area contributed by atoms with Crippen molar-refractivity contribution in [2.24, 2.45) is 0 Å². The van der Waals surface area contributed by atoms with Crippen molar-refractivity contribution in [3.63, 3.8) is 0 Å². The van der Waals surface area contributed by atoms with Gasteiger partial charge in [0.1, 0.15) is 11.5 Å². The number of para-hydroxylation sites is 1. The van der Waals surface area contributed by atoms with E-state index in [2.05, 4.69) is 77.8 Å². The quantitative estimate of drug-likeness (QED) is 0.692. The first kappa shape index (κ1) is 17.2. The molecule has 0 saturated heterocycles. The van der Waals surface area contributed by atoms with E-state index < -0.39 is 0 Å². The lowest BCUT2D eigenvalue weighted by Crippen LogP contribution is -2.58. The second-order valence-electron chi connectivity index (χ2n) is 6.97. The van der Waals surface area contributed by atoms with E-state index in [-0.39, 0.29) is 0 Å². The molecule has 138 valence electrons. The predicted molar refractivity (Wildman–Crippen MR) is 119 cm³/mol. The third-order valence-corrected chi connectivity index (χ3v) is 5.03.